The van der Waals surface area contributed by atoms with Gasteiger partial charge >= 0.3 is 0 Å². The molecule has 2 amide bonds. The van der Waals surface area contributed by atoms with Gasteiger partial charge in [0.2, 0.25) is 5.91 Å². The van der Waals surface area contributed by atoms with Crippen molar-refractivity contribution in [1.82, 2.24) is 5.32 Å². The molecule has 0 radical (unpaired) electrons. The van der Waals surface area contributed by atoms with E-state index in [4.69, 9.17) is 4.74 Å². The van der Waals surface area contributed by atoms with Gasteiger partial charge in [-0.15, -0.1) is 0 Å². The first-order chi connectivity index (χ1) is 19.7. The number of fused-ring (bicyclic) bond motifs is 1. The fraction of sp³-hybridized carbons (Fsp3) is 0.188. The predicted octanol–water partition coefficient (Wildman–Crippen LogP) is 4.47. The van der Waals surface area contributed by atoms with Gasteiger partial charge in [-0.3, -0.25) is 13.9 Å². The first-order valence-electron chi connectivity index (χ1n) is 13.2. The lowest BCUT2D eigenvalue weighted by molar-refractivity contribution is -0.128. The van der Waals surface area contributed by atoms with E-state index in [-0.39, 0.29) is 29.7 Å². The Balaban J connectivity index is 1.28. The number of ether oxygens (including phenoxy) is 1. The number of rotatable bonds is 8. The van der Waals surface area contributed by atoms with Gasteiger partial charge in [0, 0.05) is 13.6 Å². The molecule has 1 atom stereocenters. The van der Waals surface area contributed by atoms with Gasteiger partial charge in [-0.1, -0.05) is 72.3 Å². The molecule has 0 saturated carbocycles. The summed E-state index contributed by atoms with van der Waals surface area (Å²) >= 11 is 0. The lowest BCUT2D eigenvalue weighted by Gasteiger charge is -2.34. The van der Waals surface area contributed by atoms with Crippen molar-refractivity contribution >= 4 is 33.2 Å². The molecule has 9 heteroatoms. The molecule has 8 nitrogen and oxygen atoms in total. The van der Waals surface area contributed by atoms with Gasteiger partial charge in [0.25, 0.3) is 15.9 Å². The van der Waals surface area contributed by atoms with Gasteiger partial charge in [-0.05, 0) is 54.4 Å². The molecule has 5 rings (SSSR count). The minimum Gasteiger partial charge on any atom is -0.477 e. The van der Waals surface area contributed by atoms with E-state index < -0.39 is 16.1 Å². The van der Waals surface area contributed by atoms with Crippen molar-refractivity contribution in [3.05, 3.63) is 120 Å². The van der Waals surface area contributed by atoms with E-state index in [0.29, 0.717) is 29.2 Å². The van der Waals surface area contributed by atoms with E-state index in [1.54, 1.807) is 71.6 Å². The molecule has 1 heterocycles. The van der Waals surface area contributed by atoms with Gasteiger partial charge < -0.3 is 15.0 Å². The van der Waals surface area contributed by atoms with Crippen LogP contribution in [0, 0.1) is 6.92 Å². The third-order valence-corrected chi connectivity index (χ3v) is 8.81. The third-order valence-electron chi connectivity index (χ3n) is 7.01. The van der Waals surface area contributed by atoms with Crippen molar-refractivity contribution in [1.29, 1.82) is 0 Å². The van der Waals surface area contributed by atoms with E-state index in [2.05, 4.69) is 5.32 Å². The van der Waals surface area contributed by atoms with Gasteiger partial charge in [-0.25, -0.2) is 8.42 Å². The molecule has 41 heavy (non-hydrogen) atoms. The maximum Gasteiger partial charge on any atom is 0.264 e. The van der Waals surface area contributed by atoms with Crippen LogP contribution in [0.3, 0.4) is 0 Å². The molecule has 1 unspecified atom stereocenters. The molecule has 4 aromatic rings. The van der Waals surface area contributed by atoms with Crippen molar-refractivity contribution < 1.29 is 22.7 Å². The summed E-state index contributed by atoms with van der Waals surface area (Å²) in [5.41, 5.74) is 3.74. The van der Waals surface area contributed by atoms with Crippen molar-refractivity contribution in [2.75, 3.05) is 22.8 Å². The van der Waals surface area contributed by atoms with Crippen molar-refractivity contribution in [3.8, 4) is 5.75 Å². The number of carbonyl (C=O) groups excluding carboxylic acids is 2. The van der Waals surface area contributed by atoms with Crippen LogP contribution in [0.2, 0.25) is 0 Å². The molecular formula is C32H31N3O5S. The number of hydrogen-bond acceptors (Lipinski definition) is 5. The van der Waals surface area contributed by atoms with Crippen LogP contribution in [0.25, 0.3) is 0 Å². The van der Waals surface area contributed by atoms with E-state index >= 15 is 0 Å². The molecule has 1 aliphatic heterocycles. The maximum absolute atomic E-state index is 13.5. The van der Waals surface area contributed by atoms with Crippen LogP contribution >= 0.6 is 0 Å². The highest BCUT2D eigenvalue weighted by molar-refractivity contribution is 7.92. The van der Waals surface area contributed by atoms with E-state index in [0.717, 1.165) is 11.1 Å². The fourth-order valence-corrected chi connectivity index (χ4v) is 5.80. The number of carbonyl (C=O) groups is 2. The molecule has 1 N–H and O–H groups in total. The van der Waals surface area contributed by atoms with Crippen LogP contribution in [0.5, 0.6) is 5.75 Å². The topological polar surface area (TPSA) is 96.0 Å². The Morgan fingerprint density at radius 1 is 0.878 bits per heavy atom. The largest absolute Gasteiger partial charge is 0.477 e. The monoisotopic (exact) mass is 569 g/mol. The molecule has 210 valence electrons. The lowest BCUT2D eigenvalue weighted by Crippen LogP contribution is -2.51. The average Bonchev–Trinajstić information content (AvgIpc) is 3.00. The second-order valence-corrected chi connectivity index (χ2v) is 11.9. The maximum atomic E-state index is 13.5. The second-order valence-electron chi connectivity index (χ2n) is 9.91. The zero-order valence-corrected chi connectivity index (χ0v) is 23.7. The highest BCUT2D eigenvalue weighted by Gasteiger charge is 2.33. The molecule has 0 aromatic heterocycles. The average molecular weight is 570 g/mol. The Hall–Kier alpha value is -4.63. The number of amides is 2. The molecule has 4 aromatic carbocycles. The van der Waals surface area contributed by atoms with Gasteiger partial charge in [0.05, 0.1) is 29.2 Å². The van der Waals surface area contributed by atoms with E-state index in [1.807, 2.05) is 43.3 Å². The molecule has 1 aliphatic rings. The van der Waals surface area contributed by atoms with E-state index in [1.165, 1.54) is 11.4 Å². The van der Waals surface area contributed by atoms with Gasteiger partial charge in [0.15, 0.2) is 6.10 Å². The first kappa shape index (κ1) is 27.9. The van der Waals surface area contributed by atoms with E-state index in [9.17, 15) is 18.0 Å². The molecule has 0 aliphatic carbocycles. The molecule has 0 spiro atoms. The molecular weight excluding hydrogens is 538 g/mol. The summed E-state index contributed by atoms with van der Waals surface area (Å²) < 4.78 is 33.3. The van der Waals surface area contributed by atoms with Crippen LogP contribution in [0.1, 0.15) is 16.7 Å². The Labute approximate surface area is 240 Å². The highest BCUT2D eigenvalue weighted by Crippen LogP contribution is 2.34. The Morgan fingerprint density at radius 3 is 2.24 bits per heavy atom. The number of hydrogen-bond donors (Lipinski definition) is 1. The third kappa shape index (κ3) is 6.25. The summed E-state index contributed by atoms with van der Waals surface area (Å²) in [6.07, 6.45) is -0.790. The number of benzene rings is 4. The lowest BCUT2D eigenvalue weighted by atomic mass is 10.1. The molecule has 0 saturated heterocycles. The van der Waals surface area contributed by atoms with Gasteiger partial charge in [0.1, 0.15) is 5.75 Å². The Morgan fingerprint density at radius 2 is 1.54 bits per heavy atom. The zero-order valence-electron chi connectivity index (χ0n) is 22.9. The SMILES string of the molecule is Cc1ccc(S(=O)(=O)N(C)c2ccc(CC(=O)N3CC(C(=O)NCc4ccccc4)Oc4ccccc43)cc2)cc1. The van der Waals surface area contributed by atoms with Crippen LogP contribution in [0.4, 0.5) is 11.4 Å². The number of sulfonamides is 1. The van der Waals surface area contributed by atoms with Crippen LogP contribution in [0.15, 0.2) is 108 Å². The van der Waals surface area contributed by atoms with Crippen LogP contribution < -0.4 is 19.3 Å². The summed E-state index contributed by atoms with van der Waals surface area (Å²) in [5, 5.41) is 2.90. The predicted molar refractivity (Wildman–Crippen MR) is 158 cm³/mol. The minimum absolute atomic E-state index is 0.0708. The van der Waals surface area contributed by atoms with Crippen molar-refractivity contribution in [3.63, 3.8) is 0 Å². The highest BCUT2D eigenvalue weighted by atomic mass is 32.2. The van der Waals surface area contributed by atoms with Crippen molar-refractivity contribution in [2.24, 2.45) is 0 Å². The minimum atomic E-state index is -3.73. The molecule has 0 fully saturated rings. The zero-order chi connectivity index (χ0) is 29.0. The summed E-state index contributed by atoms with van der Waals surface area (Å²) in [5.74, 6) is -0.0384. The first-order valence-corrected chi connectivity index (χ1v) is 14.7. The Bertz CT molecular complexity index is 1640. The fourth-order valence-electron chi connectivity index (χ4n) is 4.61. The van der Waals surface area contributed by atoms with Crippen molar-refractivity contribution in [2.45, 2.75) is 30.9 Å². The summed E-state index contributed by atoms with van der Waals surface area (Å²) in [6.45, 7) is 2.33. The summed E-state index contributed by atoms with van der Waals surface area (Å²) in [6, 6.07) is 30.3. The standard InChI is InChI=1S/C32H31N3O5S/c1-23-12-18-27(19-13-23)41(38,39)34(2)26-16-14-24(15-17-26)20-31(36)35-22-30(40-29-11-7-6-10-28(29)35)32(37)33-21-25-8-4-3-5-9-25/h3-19,30H,20-22H2,1-2H3,(H,33,37). The number of para-hydroxylation sites is 2. The second kappa shape index (κ2) is 11.9. The number of nitrogens with one attached hydrogen (secondary N) is 1. The Kier molecular flexibility index (Phi) is 8.07. The summed E-state index contributed by atoms with van der Waals surface area (Å²) in [4.78, 5) is 28.3. The normalized spacial score (nSPS) is 14.5. The van der Waals surface area contributed by atoms with Gasteiger partial charge in [-0.2, -0.15) is 0 Å². The summed E-state index contributed by atoms with van der Waals surface area (Å²) in [7, 11) is -2.22. The smallest absolute Gasteiger partial charge is 0.264 e. The number of anilines is 2. The molecule has 0 bridgehead atoms. The number of aryl methyl sites for hydroxylation is 1. The van der Waals surface area contributed by atoms with Crippen LogP contribution in [-0.2, 0) is 32.6 Å². The van der Waals surface area contributed by atoms with Crippen LogP contribution in [-0.4, -0.2) is 39.9 Å². The quantitative estimate of drug-likeness (QED) is 0.338. The number of nitrogens with zero attached hydrogens (tertiary/aromatic N) is 2.